The van der Waals surface area contributed by atoms with Gasteiger partial charge in [-0.1, -0.05) is 22.9 Å². The van der Waals surface area contributed by atoms with Gasteiger partial charge in [-0.15, -0.1) is 0 Å². The lowest BCUT2D eigenvalue weighted by molar-refractivity contribution is 0.102. The van der Waals surface area contributed by atoms with Gasteiger partial charge in [-0.2, -0.15) is 5.10 Å². The first-order valence-corrected chi connectivity index (χ1v) is 7.44. The van der Waals surface area contributed by atoms with Crippen LogP contribution in [0.2, 0.25) is 0 Å². The van der Waals surface area contributed by atoms with Crippen molar-refractivity contribution >= 4 is 43.3 Å². The van der Waals surface area contributed by atoms with Crippen molar-refractivity contribution in [1.82, 2.24) is 9.78 Å². The summed E-state index contributed by atoms with van der Waals surface area (Å²) in [5.74, 6) is -0.1000. The lowest BCUT2D eigenvalue weighted by Gasteiger charge is -2.08. The molecule has 1 aromatic heterocycles. The quantitative estimate of drug-likeness (QED) is 0.644. The molecule has 0 spiro atoms. The number of nitrogens with two attached hydrogens (primary N) is 1. The van der Waals surface area contributed by atoms with Crippen molar-refractivity contribution in [1.29, 1.82) is 0 Å². The van der Waals surface area contributed by atoms with Gasteiger partial charge in [0.15, 0.2) is 0 Å². The Bertz CT molecular complexity index is 622. The highest BCUT2D eigenvalue weighted by molar-refractivity contribution is 9.10. The molecule has 1 heterocycles. The number of halogens is 2. The van der Waals surface area contributed by atoms with Gasteiger partial charge in [0, 0.05) is 22.3 Å². The maximum absolute atomic E-state index is 12.6. The number of aryl methyl sites for hydroxylation is 1. The number of nitrogens with zero attached hydrogens (tertiary/aromatic N) is 2. The third kappa shape index (κ3) is 2.90. The molecule has 2 N–H and O–H groups in total. The first-order chi connectivity index (χ1) is 9.04. The Kier molecular flexibility index (Phi) is 4.42. The zero-order valence-electron chi connectivity index (χ0n) is 10.4. The normalized spacial score (nSPS) is 10.7. The summed E-state index contributed by atoms with van der Waals surface area (Å²) in [5.41, 5.74) is 7.40. The standard InChI is InChI=1S/C13H13Br2N3O/c1-2-5-18-12(11(15)7-17-18)13(19)9-6-8(16)3-4-10(9)14/h3-4,6-7H,2,5,16H2,1H3. The third-order valence-corrected chi connectivity index (χ3v) is 3.95. The summed E-state index contributed by atoms with van der Waals surface area (Å²) in [5, 5.41) is 4.21. The molecule has 0 saturated heterocycles. The van der Waals surface area contributed by atoms with Gasteiger partial charge >= 0.3 is 0 Å². The monoisotopic (exact) mass is 385 g/mol. The molecule has 19 heavy (non-hydrogen) atoms. The van der Waals surface area contributed by atoms with Gasteiger partial charge in [0.2, 0.25) is 5.78 Å². The Hall–Kier alpha value is -1.14. The summed E-state index contributed by atoms with van der Waals surface area (Å²) in [6.45, 7) is 2.74. The summed E-state index contributed by atoms with van der Waals surface area (Å²) >= 11 is 6.76. The smallest absolute Gasteiger partial charge is 0.213 e. The maximum atomic E-state index is 12.6. The van der Waals surface area contributed by atoms with Gasteiger partial charge in [-0.25, -0.2) is 0 Å². The number of carbonyl (C=O) groups is 1. The Morgan fingerprint density at radius 1 is 1.37 bits per heavy atom. The van der Waals surface area contributed by atoms with E-state index < -0.39 is 0 Å². The highest BCUT2D eigenvalue weighted by Crippen LogP contribution is 2.26. The fourth-order valence-corrected chi connectivity index (χ4v) is 2.72. The van der Waals surface area contributed by atoms with Crippen LogP contribution in [0.15, 0.2) is 33.3 Å². The average molecular weight is 387 g/mol. The number of anilines is 1. The Balaban J connectivity index is 2.49. The predicted molar refractivity (Wildman–Crippen MR) is 82.2 cm³/mol. The summed E-state index contributed by atoms with van der Waals surface area (Å²) in [7, 11) is 0. The van der Waals surface area contributed by atoms with Gasteiger partial charge in [-0.05, 0) is 40.5 Å². The SMILES string of the molecule is CCCn1ncc(Br)c1C(=O)c1cc(N)ccc1Br. The number of benzene rings is 1. The van der Waals surface area contributed by atoms with Crippen LogP contribution in [0.3, 0.4) is 0 Å². The number of nitrogen functional groups attached to an aromatic ring is 1. The van der Waals surface area contributed by atoms with Crippen molar-refractivity contribution < 1.29 is 4.79 Å². The van der Waals surface area contributed by atoms with E-state index in [0.29, 0.717) is 28.0 Å². The molecule has 0 saturated carbocycles. The molecular formula is C13H13Br2N3O. The van der Waals surface area contributed by atoms with Crippen LogP contribution in [0.4, 0.5) is 5.69 Å². The van der Waals surface area contributed by atoms with Crippen molar-refractivity contribution in [3.05, 3.63) is 44.6 Å². The molecule has 0 radical (unpaired) electrons. The van der Waals surface area contributed by atoms with E-state index >= 15 is 0 Å². The molecule has 4 nitrogen and oxygen atoms in total. The van der Waals surface area contributed by atoms with Crippen LogP contribution in [-0.4, -0.2) is 15.6 Å². The lowest BCUT2D eigenvalue weighted by Crippen LogP contribution is -2.13. The zero-order chi connectivity index (χ0) is 14.0. The number of ketones is 1. The van der Waals surface area contributed by atoms with E-state index in [9.17, 15) is 4.79 Å². The Labute approximate surface area is 128 Å². The minimum Gasteiger partial charge on any atom is -0.399 e. The fourth-order valence-electron chi connectivity index (χ4n) is 1.81. The Morgan fingerprint density at radius 3 is 2.79 bits per heavy atom. The molecule has 0 unspecified atom stereocenters. The molecule has 0 amide bonds. The maximum Gasteiger partial charge on any atom is 0.213 e. The second-order valence-corrected chi connectivity index (χ2v) is 5.84. The number of carbonyl (C=O) groups excluding carboxylic acids is 1. The second kappa shape index (κ2) is 5.88. The molecule has 1 aromatic carbocycles. The minimum atomic E-state index is -0.1000. The van der Waals surface area contributed by atoms with E-state index in [-0.39, 0.29) is 5.78 Å². The van der Waals surface area contributed by atoms with E-state index in [1.54, 1.807) is 29.1 Å². The van der Waals surface area contributed by atoms with Crippen molar-refractivity contribution in [2.24, 2.45) is 0 Å². The average Bonchev–Trinajstić information content (AvgIpc) is 2.73. The van der Waals surface area contributed by atoms with Crippen molar-refractivity contribution in [3.8, 4) is 0 Å². The van der Waals surface area contributed by atoms with Gasteiger partial charge in [-0.3, -0.25) is 9.48 Å². The largest absolute Gasteiger partial charge is 0.399 e. The van der Waals surface area contributed by atoms with Crippen LogP contribution >= 0.6 is 31.9 Å². The molecule has 100 valence electrons. The van der Waals surface area contributed by atoms with Crippen LogP contribution in [-0.2, 0) is 6.54 Å². The molecular weight excluding hydrogens is 374 g/mol. The van der Waals surface area contributed by atoms with Crippen molar-refractivity contribution in [3.63, 3.8) is 0 Å². The minimum absolute atomic E-state index is 0.1000. The number of hydrogen-bond acceptors (Lipinski definition) is 3. The summed E-state index contributed by atoms with van der Waals surface area (Å²) in [4.78, 5) is 12.6. The molecule has 0 bridgehead atoms. The molecule has 6 heteroatoms. The van der Waals surface area contributed by atoms with Gasteiger partial charge < -0.3 is 5.73 Å². The van der Waals surface area contributed by atoms with Gasteiger partial charge in [0.05, 0.1) is 10.7 Å². The van der Waals surface area contributed by atoms with E-state index in [0.717, 1.165) is 10.9 Å². The van der Waals surface area contributed by atoms with Crippen LogP contribution in [0.1, 0.15) is 29.4 Å². The van der Waals surface area contributed by atoms with Crippen LogP contribution in [0.25, 0.3) is 0 Å². The van der Waals surface area contributed by atoms with Crippen LogP contribution in [0, 0.1) is 0 Å². The van der Waals surface area contributed by atoms with E-state index in [4.69, 9.17) is 5.73 Å². The molecule has 0 aliphatic carbocycles. The number of aromatic nitrogens is 2. The lowest BCUT2D eigenvalue weighted by atomic mass is 10.1. The summed E-state index contributed by atoms with van der Waals surface area (Å²) < 4.78 is 3.13. The summed E-state index contributed by atoms with van der Waals surface area (Å²) in [6, 6.07) is 5.19. The number of rotatable bonds is 4. The van der Waals surface area contributed by atoms with Gasteiger partial charge in [0.25, 0.3) is 0 Å². The molecule has 2 aromatic rings. The molecule has 0 fully saturated rings. The fraction of sp³-hybridized carbons (Fsp3) is 0.231. The van der Waals surface area contributed by atoms with E-state index in [1.165, 1.54) is 0 Å². The molecule has 0 aliphatic rings. The molecule has 2 rings (SSSR count). The first-order valence-electron chi connectivity index (χ1n) is 5.85. The first kappa shape index (κ1) is 14.3. The van der Waals surface area contributed by atoms with Crippen molar-refractivity contribution in [2.45, 2.75) is 19.9 Å². The number of hydrogen-bond donors (Lipinski definition) is 1. The van der Waals surface area contributed by atoms with E-state index in [1.807, 2.05) is 6.92 Å². The van der Waals surface area contributed by atoms with Crippen LogP contribution in [0.5, 0.6) is 0 Å². The predicted octanol–water partition coefficient (Wildman–Crippen LogP) is 3.63. The molecule has 0 aliphatic heterocycles. The third-order valence-electron chi connectivity index (χ3n) is 2.68. The zero-order valence-corrected chi connectivity index (χ0v) is 13.5. The van der Waals surface area contributed by atoms with Crippen molar-refractivity contribution in [2.75, 3.05) is 5.73 Å². The Morgan fingerprint density at radius 2 is 2.11 bits per heavy atom. The van der Waals surface area contributed by atoms with E-state index in [2.05, 4.69) is 37.0 Å². The van der Waals surface area contributed by atoms with Gasteiger partial charge in [0.1, 0.15) is 5.69 Å². The topological polar surface area (TPSA) is 60.9 Å². The summed E-state index contributed by atoms with van der Waals surface area (Å²) in [6.07, 6.45) is 2.55. The second-order valence-electron chi connectivity index (χ2n) is 4.13. The molecule has 0 atom stereocenters. The highest BCUT2D eigenvalue weighted by Gasteiger charge is 2.20. The van der Waals surface area contributed by atoms with Crippen LogP contribution < -0.4 is 5.73 Å². The highest BCUT2D eigenvalue weighted by atomic mass is 79.9.